The second-order valence-electron chi connectivity index (χ2n) is 5.11. The van der Waals surface area contributed by atoms with Crippen molar-refractivity contribution in [2.75, 3.05) is 0 Å². The van der Waals surface area contributed by atoms with Crippen LogP contribution in [0.5, 0.6) is 0 Å². The van der Waals surface area contributed by atoms with Gasteiger partial charge in [0.15, 0.2) is 11.6 Å². The van der Waals surface area contributed by atoms with E-state index in [0.29, 0.717) is 16.9 Å². The van der Waals surface area contributed by atoms with Gasteiger partial charge in [0.1, 0.15) is 5.82 Å². The normalized spacial score (nSPS) is 11.0. The molecular weight excluding hydrogens is 304 g/mol. The fourth-order valence-electron chi connectivity index (χ4n) is 2.44. The molecule has 0 atom stereocenters. The molecule has 6 heteroatoms. The summed E-state index contributed by atoms with van der Waals surface area (Å²) in [5.74, 6) is -1.27. The summed E-state index contributed by atoms with van der Waals surface area (Å²) in [5.41, 5.74) is 8.36. The average molecular weight is 317 g/mol. The smallest absolute Gasteiger partial charge is 0.161 e. The predicted molar refractivity (Wildman–Crippen MR) is 86.6 cm³/mol. The lowest BCUT2D eigenvalue weighted by Gasteiger charge is -2.09. The largest absolute Gasteiger partial charge is 0.392 e. The van der Waals surface area contributed by atoms with Crippen molar-refractivity contribution < 1.29 is 8.78 Å². The van der Waals surface area contributed by atoms with E-state index in [1.54, 1.807) is 4.57 Å². The van der Waals surface area contributed by atoms with Crippen LogP contribution >= 0.6 is 12.2 Å². The van der Waals surface area contributed by atoms with Crippen LogP contribution in [0.15, 0.2) is 36.4 Å². The molecular formula is C16H13F2N3S. The molecule has 3 rings (SSSR count). The molecule has 3 nitrogen and oxygen atoms in total. The number of nitrogens with two attached hydrogens (primary N) is 1. The number of hydrogen-bond acceptors (Lipinski definition) is 2. The molecule has 2 N–H and O–H groups in total. The van der Waals surface area contributed by atoms with Crippen molar-refractivity contribution in [2.24, 2.45) is 5.73 Å². The molecule has 112 valence electrons. The Morgan fingerprint density at radius 2 is 1.95 bits per heavy atom. The zero-order chi connectivity index (χ0) is 15.9. The van der Waals surface area contributed by atoms with Crippen molar-refractivity contribution in [2.45, 2.75) is 13.5 Å². The fourth-order valence-corrected chi connectivity index (χ4v) is 2.57. The summed E-state index contributed by atoms with van der Waals surface area (Å²) in [5, 5.41) is 0. The summed E-state index contributed by atoms with van der Waals surface area (Å²) >= 11 is 4.96. The first-order valence-corrected chi connectivity index (χ1v) is 7.07. The molecule has 0 spiro atoms. The van der Waals surface area contributed by atoms with Crippen LogP contribution in [0, 0.1) is 18.6 Å². The van der Waals surface area contributed by atoms with E-state index in [9.17, 15) is 8.78 Å². The maximum atomic E-state index is 13.6. The molecule has 0 radical (unpaired) electrons. The quantitative estimate of drug-likeness (QED) is 0.751. The fraction of sp³-hybridized carbons (Fsp3) is 0.125. The molecule has 1 aromatic heterocycles. The number of halogens is 2. The number of aromatic nitrogens is 2. The molecule has 0 aliphatic rings. The first kappa shape index (κ1) is 14.6. The maximum Gasteiger partial charge on any atom is 0.161 e. The highest BCUT2D eigenvalue weighted by Crippen LogP contribution is 2.27. The van der Waals surface area contributed by atoms with Gasteiger partial charge in [0.25, 0.3) is 0 Å². The zero-order valence-electron chi connectivity index (χ0n) is 11.8. The highest BCUT2D eigenvalue weighted by molar-refractivity contribution is 7.80. The van der Waals surface area contributed by atoms with E-state index in [-0.39, 0.29) is 11.5 Å². The molecule has 0 saturated carbocycles. The van der Waals surface area contributed by atoms with Crippen molar-refractivity contribution in [3.63, 3.8) is 0 Å². The molecule has 0 aliphatic heterocycles. The summed E-state index contributed by atoms with van der Waals surface area (Å²) in [6.07, 6.45) is 0. The summed E-state index contributed by atoms with van der Waals surface area (Å²) in [6, 6.07) is 9.90. The molecule has 0 aliphatic carbocycles. The topological polar surface area (TPSA) is 43.8 Å². The number of thiocarbonyl (C=S) groups is 1. The number of aryl methyl sites for hydroxylation is 1. The van der Waals surface area contributed by atoms with E-state index in [1.807, 2.05) is 31.2 Å². The molecule has 0 unspecified atom stereocenters. The van der Waals surface area contributed by atoms with Crippen molar-refractivity contribution in [1.82, 2.24) is 9.55 Å². The number of rotatable bonds is 3. The third-order valence-electron chi connectivity index (χ3n) is 3.38. The minimum Gasteiger partial charge on any atom is -0.392 e. The van der Waals surface area contributed by atoms with Gasteiger partial charge in [-0.05, 0) is 13.0 Å². The molecule has 2 aromatic carbocycles. The lowest BCUT2D eigenvalue weighted by molar-refractivity contribution is 0.510. The van der Waals surface area contributed by atoms with Gasteiger partial charge >= 0.3 is 0 Å². The monoisotopic (exact) mass is 317 g/mol. The second kappa shape index (κ2) is 5.46. The molecule has 0 saturated heterocycles. The van der Waals surface area contributed by atoms with Crippen LogP contribution in [0.25, 0.3) is 22.4 Å². The highest BCUT2D eigenvalue weighted by Gasteiger charge is 2.16. The van der Waals surface area contributed by atoms with Crippen molar-refractivity contribution in [1.29, 1.82) is 0 Å². The van der Waals surface area contributed by atoms with Crippen molar-refractivity contribution in [3.05, 3.63) is 53.6 Å². The predicted octanol–water partition coefficient (Wildman–Crippen LogP) is 3.58. The second-order valence-corrected chi connectivity index (χ2v) is 5.64. The van der Waals surface area contributed by atoms with E-state index in [2.05, 4.69) is 4.98 Å². The Morgan fingerprint density at radius 3 is 2.64 bits per heavy atom. The standard InChI is InChI=1S/C16H13F2N3S/c1-9-3-2-4-10(5-9)16-20-13-6-11(17)12(18)7-14(13)21(16)8-15(19)22/h2-7H,8H2,1H3,(H2,19,22). The summed E-state index contributed by atoms with van der Waals surface area (Å²) in [4.78, 5) is 4.67. The Bertz CT molecular complexity index is 886. The van der Waals surface area contributed by atoms with Gasteiger partial charge in [0.05, 0.1) is 22.6 Å². The van der Waals surface area contributed by atoms with Crippen LogP contribution in [-0.4, -0.2) is 14.5 Å². The van der Waals surface area contributed by atoms with Crippen LogP contribution in [0.4, 0.5) is 8.78 Å². The lowest BCUT2D eigenvalue weighted by atomic mass is 10.1. The average Bonchev–Trinajstić information content (AvgIpc) is 2.77. The number of hydrogen-bond donors (Lipinski definition) is 1. The molecule has 3 aromatic rings. The third-order valence-corrected chi connectivity index (χ3v) is 3.51. The van der Waals surface area contributed by atoms with Crippen LogP contribution in [-0.2, 0) is 6.54 Å². The van der Waals surface area contributed by atoms with E-state index >= 15 is 0 Å². The number of imidazole rings is 1. The first-order chi connectivity index (χ1) is 10.5. The van der Waals surface area contributed by atoms with Crippen LogP contribution in [0.3, 0.4) is 0 Å². The SMILES string of the molecule is Cc1cccc(-c2nc3cc(F)c(F)cc3n2CC(N)=S)c1. The van der Waals surface area contributed by atoms with Crippen LogP contribution in [0.1, 0.15) is 5.56 Å². The Labute approximate surface area is 131 Å². The molecule has 0 amide bonds. The van der Waals surface area contributed by atoms with E-state index in [4.69, 9.17) is 18.0 Å². The molecule has 22 heavy (non-hydrogen) atoms. The van der Waals surface area contributed by atoms with Gasteiger partial charge in [0.2, 0.25) is 0 Å². The van der Waals surface area contributed by atoms with E-state index < -0.39 is 11.6 Å². The van der Waals surface area contributed by atoms with Gasteiger partial charge in [-0.2, -0.15) is 0 Å². The van der Waals surface area contributed by atoms with Gasteiger partial charge in [-0.25, -0.2) is 13.8 Å². The van der Waals surface area contributed by atoms with E-state index in [1.165, 1.54) is 0 Å². The van der Waals surface area contributed by atoms with Crippen LogP contribution < -0.4 is 5.73 Å². The molecule has 0 bridgehead atoms. The Morgan fingerprint density at radius 1 is 1.23 bits per heavy atom. The van der Waals surface area contributed by atoms with Gasteiger partial charge in [-0.1, -0.05) is 36.0 Å². The summed E-state index contributed by atoms with van der Waals surface area (Å²) in [6.45, 7) is 2.17. The summed E-state index contributed by atoms with van der Waals surface area (Å²) < 4.78 is 28.7. The molecule has 0 fully saturated rings. The Balaban J connectivity index is 2.30. The minimum absolute atomic E-state index is 0.209. The third kappa shape index (κ3) is 2.57. The van der Waals surface area contributed by atoms with Gasteiger partial charge in [-0.15, -0.1) is 0 Å². The highest BCUT2D eigenvalue weighted by atomic mass is 32.1. The van der Waals surface area contributed by atoms with E-state index in [0.717, 1.165) is 23.3 Å². The van der Waals surface area contributed by atoms with Crippen LogP contribution in [0.2, 0.25) is 0 Å². The van der Waals surface area contributed by atoms with Gasteiger partial charge in [0, 0.05) is 17.7 Å². The zero-order valence-corrected chi connectivity index (χ0v) is 12.6. The Hall–Kier alpha value is -2.34. The van der Waals surface area contributed by atoms with Gasteiger partial charge < -0.3 is 10.3 Å². The van der Waals surface area contributed by atoms with Crippen molar-refractivity contribution in [3.8, 4) is 11.4 Å². The van der Waals surface area contributed by atoms with Crippen molar-refractivity contribution >= 4 is 28.2 Å². The minimum atomic E-state index is -0.928. The maximum absolute atomic E-state index is 13.6. The van der Waals surface area contributed by atoms with Gasteiger partial charge in [-0.3, -0.25) is 0 Å². The first-order valence-electron chi connectivity index (χ1n) is 6.66. The number of benzene rings is 2. The number of fused-ring (bicyclic) bond motifs is 1. The Kier molecular flexibility index (Phi) is 3.62. The molecule has 1 heterocycles. The lowest BCUT2D eigenvalue weighted by Crippen LogP contribution is -2.17. The number of nitrogens with zero attached hydrogens (tertiary/aromatic N) is 2. The summed E-state index contributed by atoms with van der Waals surface area (Å²) in [7, 11) is 0.